The summed E-state index contributed by atoms with van der Waals surface area (Å²) in [5.41, 5.74) is 1.36. The van der Waals surface area contributed by atoms with Gasteiger partial charge >= 0.3 is 6.03 Å². The zero-order valence-corrected chi connectivity index (χ0v) is 14.1. The first-order valence-electron chi connectivity index (χ1n) is 8.36. The Morgan fingerprint density at radius 3 is 2.50 bits per heavy atom. The van der Waals surface area contributed by atoms with E-state index in [1.807, 2.05) is 6.07 Å². The number of aliphatic hydroxyl groups is 1. The van der Waals surface area contributed by atoms with Gasteiger partial charge < -0.3 is 20.6 Å². The van der Waals surface area contributed by atoms with Gasteiger partial charge in [0.1, 0.15) is 11.9 Å². The average Bonchev–Trinajstić information content (AvgIpc) is 3.04. The molecule has 2 atom stereocenters. The topological polar surface area (TPSA) is 81.7 Å². The molecule has 0 radical (unpaired) electrons. The Bertz CT molecular complexity index is 767. The summed E-state index contributed by atoms with van der Waals surface area (Å²) in [7, 11) is 0. The Hall–Kier alpha value is -2.93. The van der Waals surface area contributed by atoms with Gasteiger partial charge in [-0.2, -0.15) is 0 Å². The normalized spacial score (nSPS) is 19.2. The van der Waals surface area contributed by atoms with Gasteiger partial charge in [0.15, 0.2) is 0 Å². The molecule has 1 aliphatic rings. The molecule has 3 amide bonds. The number of urea groups is 1. The largest absolute Gasteiger partial charge is 0.391 e. The third-order valence-electron chi connectivity index (χ3n) is 4.25. The zero-order valence-electron chi connectivity index (χ0n) is 14.1. The summed E-state index contributed by atoms with van der Waals surface area (Å²) >= 11 is 0. The monoisotopic (exact) mass is 357 g/mol. The van der Waals surface area contributed by atoms with E-state index in [1.165, 1.54) is 17.0 Å². The summed E-state index contributed by atoms with van der Waals surface area (Å²) in [6.45, 7) is 0.313. The van der Waals surface area contributed by atoms with Gasteiger partial charge in [-0.25, -0.2) is 9.18 Å². The molecule has 0 spiro atoms. The number of para-hydroxylation sites is 1. The third-order valence-corrected chi connectivity index (χ3v) is 4.25. The number of anilines is 1. The van der Waals surface area contributed by atoms with Crippen molar-refractivity contribution < 1.29 is 19.1 Å². The van der Waals surface area contributed by atoms with Crippen LogP contribution in [0.15, 0.2) is 54.6 Å². The van der Waals surface area contributed by atoms with Crippen molar-refractivity contribution >= 4 is 17.6 Å². The zero-order chi connectivity index (χ0) is 18.5. The molecule has 1 heterocycles. The van der Waals surface area contributed by atoms with E-state index in [9.17, 15) is 19.1 Å². The minimum atomic E-state index is -0.755. The lowest BCUT2D eigenvalue weighted by Crippen LogP contribution is -2.47. The summed E-state index contributed by atoms with van der Waals surface area (Å²) in [6.07, 6.45) is -0.574. The average molecular weight is 357 g/mol. The van der Waals surface area contributed by atoms with E-state index < -0.39 is 18.2 Å². The SMILES string of the molecule is O=C(NCc1ccc(F)cc1)C1CC(O)CN1C(=O)Nc1ccccc1. The van der Waals surface area contributed by atoms with Gasteiger partial charge in [0.05, 0.1) is 6.10 Å². The quantitative estimate of drug-likeness (QED) is 0.784. The number of aliphatic hydroxyl groups excluding tert-OH is 1. The second-order valence-electron chi connectivity index (χ2n) is 6.20. The van der Waals surface area contributed by atoms with Gasteiger partial charge in [0.25, 0.3) is 0 Å². The Balaban J connectivity index is 1.61. The number of halogens is 1. The number of likely N-dealkylation sites (tertiary alicyclic amines) is 1. The molecular formula is C19H20FN3O3. The molecule has 136 valence electrons. The maximum absolute atomic E-state index is 12.9. The van der Waals surface area contributed by atoms with E-state index in [0.717, 1.165) is 5.56 Å². The highest BCUT2D eigenvalue weighted by atomic mass is 19.1. The maximum atomic E-state index is 12.9. The molecule has 1 aliphatic heterocycles. The van der Waals surface area contributed by atoms with Crippen molar-refractivity contribution in [3.05, 3.63) is 66.0 Å². The molecule has 1 saturated heterocycles. The van der Waals surface area contributed by atoms with Crippen LogP contribution in [-0.2, 0) is 11.3 Å². The molecule has 26 heavy (non-hydrogen) atoms. The predicted octanol–water partition coefficient (Wildman–Crippen LogP) is 2.11. The van der Waals surface area contributed by atoms with Crippen LogP contribution in [0.1, 0.15) is 12.0 Å². The Morgan fingerprint density at radius 1 is 1.12 bits per heavy atom. The standard InChI is InChI=1S/C19H20FN3O3/c20-14-8-6-13(7-9-14)11-21-18(25)17-10-16(24)12-23(17)19(26)22-15-4-2-1-3-5-15/h1-9,16-17,24H,10-12H2,(H,21,25)(H,22,26). The Kier molecular flexibility index (Phi) is 5.48. The number of carbonyl (C=O) groups is 2. The highest BCUT2D eigenvalue weighted by molar-refractivity contribution is 5.94. The number of amides is 3. The minimum absolute atomic E-state index is 0.0906. The van der Waals surface area contributed by atoms with Crippen LogP contribution >= 0.6 is 0 Å². The van der Waals surface area contributed by atoms with Crippen molar-refractivity contribution in [2.75, 3.05) is 11.9 Å². The van der Waals surface area contributed by atoms with Crippen LogP contribution in [0.5, 0.6) is 0 Å². The highest BCUT2D eigenvalue weighted by Gasteiger charge is 2.38. The van der Waals surface area contributed by atoms with Crippen LogP contribution in [0.2, 0.25) is 0 Å². The second-order valence-corrected chi connectivity index (χ2v) is 6.20. The number of hydrogen-bond donors (Lipinski definition) is 3. The maximum Gasteiger partial charge on any atom is 0.322 e. The van der Waals surface area contributed by atoms with Crippen LogP contribution < -0.4 is 10.6 Å². The van der Waals surface area contributed by atoms with E-state index in [-0.39, 0.29) is 31.2 Å². The first-order chi connectivity index (χ1) is 12.5. The number of carbonyl (C=O) groups excluding carboxylic acids is 2. The van der Waals surface area contributed by atoms with Gasteiger partial charge in [-0.05, 0) is 29.8 Å². The number of hydrogen-bond acceptors (Lipinski definition) is 3. The summed E-state index contributed by atoms with van der Waals surface area (Å²) in [4.78, 5) is 26.3. The molecule has 6 nitrogen and oxygen atoms in total. The number of rotatable bonds is 4. The Morgan fingerprint density at radius 2 is 1.81 bits per heavy atom. The summed E-state index contributed by atoms with van der Waals surface area (Å²) < 4.78 is 12.9. The van der Waals surface area contributed by atoms with Gasteiger partial charge in [0, 0.05) is 25.2 Å². The predicted molar refractivity (Wildman–Crippen MR) is 94.8 cm³/mol. The fourth-order valence-electron chi connectivity index (χ4n) is 2.91. The summed E-state index contributed by atoms with van der Waals surface area (Å²) in [5.74, 6) is -0.697. The van der Waals surface area contributed by atoms with Crippen molar-refractivity contribution in [2.45, 2.75) is 25.1 Å². The van der Waals surface area contributed by atoms with Crippen LogP contribution in [0.3, 0.4) is 0 Å². The second kappa shape index (κ2) is 7.97. The lowest BCUT2D eigenvalue weighted by Gasteiger charge is -2.24. The molecule has 0 aromatic heterocycles. The molecular weight excluding hydrogens is 337 g/mol. The van der Waals surface area contributed by atoms with E-state index in [0.29, 0.717) is 5.69 Å². The van der Waals surface area contributed by atoms with Crippen LogP contribution in [-0.4, -0.2) is 40.6 Å². The summed E-state index contributed by atoms with van der Waals surface area (Å²) in [5, 5.41) is 15.4. The van der Waals surface area contributed by atoms with Gasteiger partial charge in [-0.1, -0.05) is 30.3 Å². The van der Waals surface area contributed by atoms with Crippen LogP contribution in [0.25, 0.3) is 0 Å². The van der Waals surface area contributed by atoms with E-state index in [4.69, 9.17) is 0 Å². The molecule has 0 saturated carbocycles. The molecule has 7 heteroatoms. The molecule has 3 N–H and O–H groups in total. The smallest absolute Gasteiger partial charge is 0.322 e. The first-order valence-corrected chi connectivity index (χ1v) is 8.36. The third kappa shape index (κ3) is 4.37. The fourth-order valence-corrected chi connectivity index (χ4v) is 2.91. The molecule has 2 aromatic carbocycles. The van der Waals surface area contributed by atoms with Crippen molar-refractivity contribution in [1.29, 1.82) is 0 Å². The van der Waals surface area contributed by atoms with Gasteiger partial charge in [0.2, 0.25) is 5.91 Å². The highest BCUT2D eigenvalue weighted by Crippen LogP contribution is 2.20. The number of nitrogens with one attached hydrogen (secondary N) is 2. The van der Waals surface area contributed by atoms with Crippen molar-refractivity contribution in [3.8, 4) is 0 Å². The van der Waals surface area contributed by atoms with Gasteiger partial charge in [-0.3, -0.25) is 4.79 Å². The number of nitrogens with zero attached hydrogens (tertiary/aromatic N) is 1. The first kappa shape index (κ1) is 17.9. The lowest BCUT2D eigenvalue weighted by atomic mass is 10.1. The fraction of sp³-hybridized carbons (Fsp3) is 0.263. The van der Waals surface area contributed by atoms with Gasteiger partial charge in [-0.15, -0.1) is 0 Å². The van der Waals surface area contributed by atoms with Crippen molar-refractivity contribution in [3.63, 3.8) is 0 Å². The van der Waals surface area contributed by atoms with Crippen LogP contribution in [0.4, 0.5) is 14.9 Å². The van der Waals surface area contributed by atoms with Crippen molar-refractivity contribution in [1.82, 2.24) is 10.2 Å². The number of benzene rings is 2. The van der Waals surface area contributed by atoms with E-state index in [2.05, 4.69) is 10.6 Å². The van der Waals surface area contributed by atoms with Crippen molar-refractivity contribution in [2.24, 2.45) is 0 Å². The molecule has 0 bridgehead atoms. The van der Waals surface area contributed by atoms with E-state index in [1.54, 1.807) is 36.4 Å². The minimum Gasteiger partial charge on any atom is -0.391 e. The van der Waals surface area contributed by atoms with Crippen LogP contribution in [0, 0.1) is 5.82 Å². The molecule has 3 rings (SSSR count). The molecule has 2 unspecified atom stereocenters. The molecule has 0 aliphatic carbocycles. The lowest BCUT2D eigenvalue weighted by molar-refractivity contribution is -0.124. The number of β-amino-alcohol motifs (C(OH)–C–C–N with tert-alkyl or cyclic N) is 1. The molecule has 2 aromatic rings. The Labute approximate surface area is 150 Å². The summed E-state index contributed by atoms with van der Waals surface area (Å²) in [6, 6.07) is 13.5. The van der Waals surface area contributed by atoms with E-state index >= 15 is 0 Å². The molecule has 1 fully saturated rings.